The van der Waals surface area contributed by atoms with E-state index in [0.717, 1.165) is 56.9 Å². The van der Waals surface area contributed by atoms with Crippen molar-refractivity contribution in [2.45, 2.75) is 75.1 Å². The molecule has 2 aromatic rings. The zero-order valence-corrected chi connectivity index (χ0v) is 19.5. The Morgan fingerprint density at radius 2 is 2.09 bits per heavy atom. The largest absolute Gasteiger partial charge is 0.504 e. The number of aromatic nitrogens is 2. The fraction of sp³-hybridized carbons (Fsp3) is 0.630. The third-order valence-electron chi connectivity index (χ3n) is 10.4. The maximum atomic E-state index is 13.6. The Balaban J connectivity index is 1.26. The van der Waals surface area contributed by atoms with E-state index in [1.54, 1.807) is 12.5 Å². The van der Waals surface area contributed by atoms with Gasteiger partial charge in [0.25, 0.3) is 0 Å². The van der Waals surface area contributed by atoms with Gasteiger partial charge in [0.15, 0.2) is 11.5 Å². The van der Waals surface area contributed by atoms with Crippen molar-refractivity contribution < 1.29 is 14.6 Å². The summed E-state index contributed by atoms with van der Waals surface area (Å²) in [6, 6.07) is 4.54. The highest BCUT2D eigenvalue weighted by Gasteiger charge is 2.74. The Morgan fingerprint density at radius 1 is 1.18 bits per heavy atom. The second kappa shape index (κ2) is 6.56. The second-order valence-electron chi connectivity index (χ2n) is 11.7. The Kier molecular flexibility index (Phi) is 3.81. The van der Waals surface area contributed by atoms with Gasteiger partial charge in [-0.25, -0.2) is 4.98 Å². The smallest absolute Gasteiger partial charge is 0.242 e. The molecule has 2 saturated carbocycles. The van der Waals surface area contributed by atoms with Crippen LogP contribution in [0.4, 0.5) is 0 Å². The zero-order chi connectivity index (χ0) is 22.7. The molecule has 1 aromatic carbocycles. The number of benzene rings is 1. The fourth-order valence-corrected chi connectivity index (χ4v) is 8.93. The molecule has 2 spiro atoms. The molecule has 34 heavy (non-hydrogen) atoms. The molecule has 4 bridgehead atoms. The molecule has 5 heterocycles. The van der Waals surface area contributed by atoms with E-state index in [1.165, 1.54) is 30.5 Å². The Hall–Kier alpha value is -2.54. The average Bonchev–Trinajstić information content (AvgIpc) is 3.46. The number of phenolic OH excluding ortho intramolecular Hbond substituents is 1. The van der Waals surface area contributed by atoms with Crippen molar-refractivity contribution in [3.05, 3.63) is 42.0 Å². The monoisotopic (exact) mass is 460 g/mol. The number of hydrogen-bond acceptors (Lipinski definition) is 5. The Morgan fingerprint density at radius 3 is 2.91 bits per heavy atom. The number of rotatable bonds is 4. The van der Waals surface area contributed by atoms with Gasteiger partial charge in [0.05, 0.1) is 12.4 Å². The van der Waals surface area contributed by atoms with Crippen LogP contribution < -0.4 is 4.74 Å². The minimum absolute atomic E-state index is 0.0556. The predicted molar refractivity (Wildman–Crippen MR) is 125 cm³/mol. The summed E-state index contributed by atoms with van der Waals surface area (Å²) in [6.45, 7) is 3.45. The number of piperidine rings is 1. The molecule has 1 aromatic heterocycles. The van der Waals surface area contributed by atoms with Gasteiger partial charge in [-0.3, -0.25) is 9.69 Å². The summed E-state index contributed by atoms with van der Waals surface area (Å²) in [5, 5.41) is 10.9. The molecule has 7 aliphatic rings. The van der Waals surface area contributed by atoms with Crippen molar-refractivity contribution in [2.24, 2.45) is 11.3 Å². The van der Waals surface area contributed by atoms with Crippen molar-refractivity contribution in [3.63, 3.8) is 0 Å². The number of nitrogens with zero attached hydrogens (tertiary/aromatic N) is 4. The molecule has 0 radical (unpaired) electrons. The molecule has 9 rings (SSSR count). The number of hydrogen-bond donors (Lipinski definition) is 1. The van der Waals surface area contributed by atoms with Crippen molar-refractivity contribution in [1.82, 2.24) is 19.4 Å². The fourth-order valence-electron chi connectivity index (χ4n) is 8.93. The summed E-state index contributed by atoms with van der Waals surface area (Å²) in [4.78, 5) is 22.7. The first-order chi connectivity index (χ1) is 16.6. The topological polar surface area (TPSA) is 70.8 Å². The van der Waals surface area contributed by atoms with Gasteiger partial charge in [-0.15, -0.1) is 0 Å². The lowest BCUT2D eigenvalue weighted by molar-refractivity contribution is -0.144. The van der Waals surface area contributed by atoms with Gasteiger partial charge in [-0.05, 0) is 69.0 Å². The number of phenols is 1. The predicted octanol–water partition coefficient (Wildman–Crippen LogP) is 2.71. The molecule has 3 saturated heterocycles. The van der Waals surface area contributed by atoms with Gasteiger partial charge in [-0.2, -0.15) is 0 Å². The quantitative estimate of drug-likeness (QED) is 0.760. The van der Waals surface area contributed by atoms with Crippen molar-refractivity contribution >= 4 is 5.91 Å². The summed E-state index contributed by atoms with van der Waals surface area (Å²) in [5.41, 5.74) is 2.69. The van der Waals surface area contributed by atoms with E-state index in [4.69, 9.17) is 4.74 Å². The van der Waals surface area contributed by atoms with E-state index in [-0.39, 0.29) is 34.6 Å². The maximum absolute atomic E-state index is 13.6. The van der Waals surface area contributed by atoms with Crippen LogP contribution in [0, 0.1) is 11.3 Å². The lowest BCUT2D eigenvalue weighted by Crippen LogP contribution is -2.72. The SMILES string of the molecule is O=C(Cn1ccnc1)N1CC[C@@]23CC[C@@H]1[C@@H]1Oc4c(O)ccc5c4[C@@]12CCN(CC1CC1)[C@@H]3C5. The Labute approximate surface area is 199 Å². The van der Waals surface area contributed by atoms with Gasteiger partial charge in [0.1, 0.15) is 12.6 Å². The zero-order valence-electron chi connectivity index (χ0n) is 19.5. The highest BCUT2D eigenvalue weighted by molar-refractivity contribution is 5.77. The standard InChI is InChI=1S/C27H32N4O3/c32-20-4-3-18-13-21-26-6-5-19(31(11-7-26)22(33)15-29-12-9-28-16-29)25-27(26,23(18)24(20)34-25)8-10-30(21)14-17-1-2-17/h3-4,9,12,16-17,19,21,25,32H,1-2,5-8,10-11,13-15H2/t19-,21-,25+,26-,27+/m1/s1. The number of aromatic hydroxyl groups is 1. The van der Waals surface area contributed by atoms with E-state index in [9.17, 15) is 9.90 Å². The van der Waals surface area contributed by atoms with E-state index in [1.807, 2.05) is 16.8 Å². The third kappa shape index (κ3) is 2.32. The van der Waals surface area contributed by atoms with Gasteiger partial charge in [0.2, 0.25) is 5.91 Å². The van der Waals surface area contributed by atoms with Crippen LogP contribution in [-0.4, -0.2) is 68.2 Å². The molecule has 5 atom stereocenters. The van der Waals surface area contributed by atoms with E-state index >= 15 is 0 Å². The molecular weight excluding hydrogens is 428 g/mol. The van der Waals surface area contributed by atoms with Crippen molar-refractivity contribution in [2.75, 3.05) is 19.6 Å². The number of likely N-dealkylation sites (tertiary alicyclic amines) is 1. The summed E-state index contributed by atoms with van der Waals surface area (Å²) < 4.78 is 8.65. The van der Waals surface area contributed by atoms with Gasteiger partial charge in [0, 0.05) is 47.9 Å². The molecule has 3 aliphatic carbocycles. The molecule has 0 unspecified atom stereocenters. The lowest BCUT2D eigenvalue weighted by atomic mass is 9.42. The first-order valence-electron chi connectivity index (χ1n) is 13.1. The third-order valence-corrected chi connectivity index (χ3v) is 10.4. The molecule has 1 amide bonds. The number of fused-ring (bicyclic) bond motifs is 3. The highest BCUT2D eigenvalue weighted by Crippen LogP contribution is 2.71. The molecule has 7 heteroatoms. The number of ether oxygens (including phenoxy) is 1. The Bertz CT molecular complexity index is 1180. The molecule has 1 N–H and O–H groups in total. The molecule has 4 aliphatic heterocycles. The first kappa shape index (κ1) is 19.7. The number of imidazole rings is 1. The molecule has 178 valence electrons. The summed E-state index contributed by atoms with van der Waals surface area (Å²) in [6.07, 6.45) is 13.3. The van der Waals surface area contributed by atoms with Gasteiger partial charge >= 0.3 is 0 Å². The minimum atomic E-state index is -0.0909. The van der Waals surface area contributed by atoms with Crippen LogP contribution in [0.1, 0.15) is 49.7 Å². The molecular formula is C27H32N4O3. The van der Waals surface area contributed by atoms with E-state index < -0.39 is 0 Å². The normalized spacial score (nSPS) is 37.3. The number of amides is 1. The second-order valence-corrected chi connectivity index (χ2v) is 11.7. The van der Waals surface area contributed by atoms with Crippen LogP contribution in [0.5, 0.6) is 11.5 Å². The van der Waals surface area contributed by atoms with Crippen LogP contribution in [0.15, 0.2) is 30.9 Å². The van der Waals surface area contributed by atoms with Crippen LogP contribution in [0.2, 0.25) is 0 Å². The molecule has 5 fully saturated rings. The lowest BCUT2D eigenvalue weighted by Gasteiger charge is -2.66. The average molecular weight is 461 g/mol. The van der Waals surface area contributed by atoms with Crippen LogP contribution >= 0.6 is 0 Å². The van der Waals surface area contributed by atoms with Crippen LogP contribution in [-0.2, 0) is 23.2 Å². The van der Waals surface area contributed by atoms with Crippen LogP contribution in [0.3, 0.4) is 0 Å². The summed E-state index contributed by atoms with van der Waals surface area (Å²) >= 11 is 0. The minimum Gasteiger partial charge on any atom is -0.504 e. The van der Waals surface area contributed by atoms with Crippen molar-refractivity contribution in [1.29, 1.82) is 0 Å². The van der Waals surface area contributed by atoms with E-state index in [2.05, 4.69) is 20.9 Å². The molecule has 7 nitrogen and oxygen atoms in total. The van der Waals surface area contributed by atoms with Gasteiger partial charge in [-0.1, -0.05) is 6.07 Å². The van der Waals surface area contributed by atoms with Crippen LogP contribution in [0.25, 0.3) is 0 Å². The highest BCUT2D eigenvalue weighted by atomic mass is 16.5. The summed E-state index contributed by atoms with van der Waals surface area (Å²) in [5.74, 6) is 2.01. The first-order valence-corrected chi connectivity index (χ1v) is 13.1. The van der Waals surface area contributed by atoms with Gasteiger partial charge < -0.3 is 19.3 Å². The maximum Gasteiger partial charge on any atom is 0.242 e. The van der Waals surface area contributed by atoms with Crippen molar-refractivity contribution in [3.8, 4) is 11.5 Å². The summed E-state index contributed by atoms with van der Waals surface area (Å²) in [7, 11) is 0. The van der Waals surface area contributed by atoms with E-state index in [0.29, 0.717) is 12.6 Å². The number of carbonyl (C=O) groups excluding carboxylic acids is 1. The number of carbonyl (C=O) groups is 1.